The summed E-state index contributed by atoms with van der Waals surface area (Å²) in [7, 11) is 1.58. The zero-order chi connectivity index (χ0) is 10.6. The van der Waals surface area contributed by atoms with Crippen LogP contribution in [-0.4, -0.2) is 39.6 Å². The van der Waals surface area contributed by atoms with Gasteiger partial charge in [0.25, 0.3) is 5.91 Å². The summed E-state index contributed by atoms with van der Waals surface area (Å²) in [6.45, 7) is 0.357. The van der Waals surface area contributed by atoms with Gasteiger partial charge in [-0.3, -0.25) is 9.89 Å². The Labute approximate surface area is 80.5 Å². The molecule has 1 rings (SSSR count). The molecule has 1 aromatic rings. The van der Waals surface area contributed by atoms with E-state index in [1.165, 1.54) is 4.90 Å². The normalized spacial score (nSPS) is 9.43. The lowest BCUT2D eigenvalue weighted by Crippen LogP contribution is -2.28. The number of hydrogen-bond acceptors (Lipinski definition) is 5. The van der Waals surface area contributed by atoms with Gasteiger partial charge < -0.3 is 10.6 Å². The van der Waals surface area contributed by atoms with Gasteiger partial charge in [0.15, 0.2) is 0 Å². The van der Waals surface area contributed by atoms with Gasteiger partial charge in [-0.15, -0.1) is 5.10 Å². The van der Waals surface area contributed by atoms with E-state index in [9.17, 15) is 4.79 Å². The first-order valence-electron chi connectivity index (χ1n) is 3.95. The molecule has 0 aliphatic carbocycles. The van der Waals surface area contributed by atoms with Crippen LogP contribution in [0.4, 0.5) is 5.95 Å². The van der Waals surface area contributed by atoms with Gasteiger partial charge >= 0.3 is 0 Å². The van der Waals surface area contributed by atoms with Crippen LogP contribution in [0.25, 0.3) is 0 Å². The summed E-state index contributed by atoms with van der Waals surface area (Å²) >= 11 is 0. The fourth-order valence-corrected chi connectivity index (χ4v) is 0.870. The van der Waals surface area contributed by atoms with Gasteiger partial charge in [-0.25, -0.2) is 0 Å². The quantitative estimate of drug-likeness (QED) is 0.665. The number of anilines is 1. The van der Waals surface area contributed by atoms with E-state index in [0.29, 0.717) is 6.54 Å². The molecule has 0 aliphatic heterocycles. The molecular formula is C7H10N6O. The van der Waals surface area contributed by atoms with Crippen molar-refractivity contribution in [1.29, 1.82) is 5.26 Å². The molecule has 0 radical (unpaired) electrons. The fourth-order valence-electron chi connectivity index (χ4n) is 0.870. The number of aromatic amines is 1. The second kappa shape index (κ2) is 4.23. The molecule has 0 atom stereocenters. The highest BCUT2D eigenvalue weighted by molar-refractivity contribution is 5.90. The number of H-pyrrole nitrogens is 1. The Morgan fingerprint density at radius 1 is 1.79 bits per heavy atom. The molecule has 0 saturated carbocycles. The third kappa shape index (κ3) is 2.20. The maximum Gasteiger partial charge on any atom is 0.291 e. The third-order valence-electron chi connectivity index (χ3n) is 1.61. The van der Waals surface area contributed by atoms with E-state index in [0.717, 1.165) is 0 Å². The number of nitrogens with one attached hydrogen (secondary N) is 1. The van der Waals surface area contributed by atoms with Crippen LogP contribution in [0.2, 0.25) is 0 Å². The van der Waals surface area contributed by atoms with Gasteiger partial charge in [0.1, 0.15) is 0 Å². The van der Waals surface area contributed by atoms with Crippen LogP contribution in [-0.2, 0) is 0 Å². The Morgan fingerprint density at radius 2 is 2.50 bits per heavy atom. The van der Waals surface area contributed by atoms with Gasteiger partial charge in [0.05, 0.1) is 12.5 Å². The van der Waals surface area contributed by atoms with E-state index in [2.05, 4.69) is 15.2 Å². The topological polar surface area (TPSA) is 112 Å². The summed E-state index contributed by atoms with van der Waals surface area (Å²) in [6.07, 6.45) is 0.284. The number of carbonyl (C=O) groups excluding carboxylic acids is 1. The lowest BCUT2D eigenvalue weighted by atomic mass is 10.4. The van der Waals surface area contributed by atoms with E-state index < -0.39 is 0 Å². The van der Waals surface area contributed by atoms with Crippen molar-refractivity contribution in [3.8, 4) is 6.07 Å². The van der Waals surface area contributed by atoms with Crippen molar-refractivity contribution in [2.24, 2.45) is 0 Å². The molecule has 0 aromatic carbocycles. The summed E-state index contributed by atoms with van der Waals surface area (Å²) in [5.74, 6) is -0.213. The zero-order valence-electron chi connectivity index (χ0n) is 7.69. The Balaban J connectivity index is 2.62. The van der Waals surface area contributed by atoms with E-state index >= 15 is 0 Å². The first-order chi connectivity index (χ1) is 6.65. The van der Waals surface area contributed by atoms with Crippen LogP contribution in [0.3, 0.4) is 0 Å². The largest absolute Gasteiger partial charge is 0.366 e. The van der Waals surface area contributed by atoms with Crippen molar-refractivity contribution in [2.75, 3.05) is 19.3 Å². The number of nitriles is 1. The highest BCUT2D eigenvalue weighted by atomic mass is 16.2. The number of nitrogen functional groups attached to an aromatic ring is 1. The van der Waals surface area contributed by atoms with Crippen molar-refractivity contribution in [1.82, 2.24) is 20.1 Å². The molecule has 3 N–H and O–H groups in total. The zero-order valence-corrected chi connectivity index (χ0v) is 7.69. The maximum absolute atomic E-state index is 11.5. The summed E-state index contributed by atoms with van der Waals surface area (Å²) in [4.78, 5) is 16.5. The Kier molecular flexibility index (Phi) is 3.01. The monoisotopic (exact) mass is 194 g/mol. The molecule has 0 bridgehead atoms. The van der Waals surface area contributed by atoms with E-state index in [4.69, 9.17) is 11.0 Å². The summed E-state index contributed by atoms with van der Waals surface area (Å²) in [5.41, 5.74) is 5.24. The molecule has 1 heterocycles. The maximum atomic E-state index is 11.5. The third-order valence-corrected chi connectivity index (χ3v) is 1.61. The molecule has 7 nitrogen and oxygen atoms in total. The Hall–Kier alpha value is -2.10. The summed E-state index contributed by atoms with van der Waals surface area (Å²) < 4.78 is 0. The van der Waals surface area contributed by atoms with Crippen molar-refractivity contribution in [2.45, 2.75) is 6.42 Å². The molecule has 0 aliphatic rings. The minimum atomic E-state index is -0.329. The average Bonchev–Trinajstić information content (AvgIpc) is 2.60. The number of rotatable bonds is 3. The average molecular weight is 194 g/mol. The minimum absolute atomic E-state index is 0.0297. The molecule has 1 amide bonds. The molecule has 0 saturated heterocycles. The molecular weight excluding hydrogens is 184 g/mol. The van der Waals surface area contributed by atoms with Crippen LogP contribution >= 0.6 is 0 Å². The van der Waals surface area contributed by atoms with Crippen molar-refractivity contribution < 1.29 is 4.79 Å². The molecule has 0 fully saturated rings. The van der Waals surface area contributed by atoms with Crippen LogP contribution in [0.5, 0.6) is 0 Å². The second-order valence-electron chi connectivity index (χ2n) is 2.68. The van der Waals surface area contributed by atoms with Crippen LogP contribution < -0.4 is 5.73 Å². The summed E-state index contributed by atoms with van der Waals surface area (Å²) in [6, 6.07) is 1.95. The van der Waals surface area contributed by atoms with Crippen molar-refractivity contribution >= 4 is 11.9 Å². The highest BCUT2D eigenvalue weighted by Gasteiger charge is 2.14. The second-order valence-corrected chi connectivity index (χ2v) is 2.68. The minimum Gasteiger partial charge on any atom is -0.366 e. The molecule has 0 unspecified atom stereocenters. The predicted molar refractivity (Wildman–Crippen MR) is 48.0 cm³/mol. The van der Waals surface area contributed by atoms with E-state index in [1.807, 2.05) is 6.07 Å². The van der Waals surface area contributed by atoms with Gasteiger partial charge in [0.2, 0.25) is 11.8 Å². The van der Waals surface area contributed by atoms with Gasteiger partial charge in [-0.05, 0) is 0 Å². The van der Waals surface area contributed by atoms with Gasteiger partial charge in [0, 0.05) is 13.6 Å². The van der Waals surface area contributed by atoms with Crippen molar-refractivity contribution in [3.63, 3.8) is 0 Å². The first-order valence-corrected chi connectivity index (χ1v) is 3.95. The first kappa shape index (κ1) is 9.98. The summed E-state index contributed by atoms with van der Waals surface area (Å²) in [5, 5.41) is 14.3. The predicted octanol–water partition coefficient (Wildman–Crippen LogP) is -0.627. The number of carbonyl (C=O) groups is 1. The highest BCUT2D eigenvalue weighted by Crippen LogP contribution is 1.98. The Morgan fingerprint density at radius 3 is 3.00 bits per heavy atom. The fraction of sp³-hybridized carbons (Fsp3) is 0.429. The van der Waals surface area contributed by atoms with Crippen LogP contribution in [0.15, 0.2) is 0 Å². The number of nitrogens with two attached hydrogens (primary N) is 1. The van der Waals surface area contributed by atoms with E-state index in [1.54, 1.807) is 7.05 Å². The molecule has 74 valence electrons. The smallest absolute Gasteiger partial charge is 0.291 e. The van der Waals surface area contributed by atoms with Crippen LogP contribution in [0, 0.1) is 11.3 Å². The number of hydrogen-bond donors (Lipinski definition) is 2. The lowest BCUT2D eigenvalue weighted by Gasteiger charge is -2.12. The number of nitrogens with zero attached hydrogens (tertiary/aromatic N) is 4. The lowest BCUT2D eigenvalue weighted by molar-refractivity contribution is 0.0786. The number of aromatic nitrogens is 3. The molecule has 7 heteroatoms. The van der Waals surface area contributed by atoms with Gasteiger partial charge in [-0.2, -0.15) is 10.2 Å². The number of amides is 1. The molecule has 0 spiro atoms. The van der Waals surface area contributed by atoms with E-state index in [-0.39, 0.29) is 24.1 Å². The standard InChI is InChI=1S/C7H10N6O/c1-13(4-2-3-8)6(14)5-10-7(9)12-11-5/h2,4H2,1H3,(H3,9,10,11,12). The molecule has 14 heavy (non-hydrogen) atoms. The van der Waals surface area contributed by atoms with Crippen molar-refractivity contribution in [3.05, 3.63) is 5.82 Å². The van der Waals surface area contributed by atoms with Gasteiger partial charge in [-0.1, -0.05) is 0 Å². The molecule has 1 aromatic heterocycles. The Bertz CT molecular complexity index is 365. The van der Waals surface area contributed by atoms with Crippen LogP contribution in [0.1, 0.15) is 17.0 Å². The SMILES string of the molecule is CN(CCC#N)C(=O)c1nc(N)n[nH]1.